The van der Waals surface area contributed by atoms with E-state index in [0.29, 0.717) is 0 Å². The lowest BCUT2D eigenvalue weighted by Crippen LogP contribution is -1.89. The summed E-state index contributed by atoms with van der Waals surface area (Å²) in [5.41, 5.74) is 2.11. The van der Waals surface area contributed by atoms with Crippen molar-refractivity contribution in [1.29, 1.82) is 0 Å². The highest BCUT2D eigenvalue weighted by molar-refractivity contribution is 7.98. The molecule has 2 nitrogen and oxygen atoms in total. The first-order valence-corrected chi connectivity index (χ1v) is 8.19. The molecule has 2 aromatic rings. The molecule has 0 bridgehead atoms. The van der Waals surface area contributed by atoms with Crippen LogP contribution in [0.3, 0.4) is 0 Å². The summed E-state index contributed by atoms with van der Waals surface area (Å²) in [4.78, 5) is 1.93. The first kappa shape index (κ1) is 14.0. The predicted molar refractivity (Wildman–Crippen MR) is 83.4 cm³/mol. The van der Waals surface area contributed by atoms with E-state index < -0.39 is 11.0 Å². The van der Waals surface area contributed by atoms with Crippen molar-refractivity contribution in [3.8, 4) is 0 Å². The van der Waals surface area contributed by atoms with Gasteiger partial charge in [0, 0.05) is 11.1 Å². The van der Waals surface area contributed by atoms with Crippen LogP contribution in [0.1, 0.15) is 11.1 Å². The molecule has 0 aromatic heterocycles. The highest BCUT2D eigenvalue weighted by atomic mass is 32.2. The van der Waals surface area contributed by atoms with Gasteiger partial charge in [-0.05, 0) is 43.0 Å². The van der Waals surface area contributed by atoms with Crippen LogP contribution in [0.4, 0.5) is 0 Å². The normalized spacial score (nSPS) is 12.7. The Kier molecular flexibility index (Phi) is 4.93. The van der Waals surface area contributed by atoms with Crippen molar-refractivity contribution >= 4 is 29.0 Å². The molecule has 4 heteroatoms. The van der Waals surface area contributed by atoms with Crippen molar-refractivity contribution in [2.45, 2.75) is 16.7 Å². The highest BCUT2D eigenvalue weighted by Crippen LogP contribution is 2.14. The summed E-state index contributed by atoms with van der Waals surface area (Å²) in [6.45, 7) is 2.00. The molecule has 1 atom stereocenters. The van der Waals surface area contributed by atoms with E-state index in [2.05, 4.69) is 4.40 Å². The van der Waals surface area contributed by atoms with Gasteiger partial charge in [-0.15, -0.1) is 11.8 Å². The van der Waals surface area contributed by atoms with Gasteiger partial charge < -0.3 is 0 Å². The molecular weight excluding hydrogens is 274 g/mol. The van der Waals surface area contributed by atoms with Crippen molar-refractivity contribution in [1.82, 2.24) is 0 Å². The quantitative estimate of drug-likeness (QED) is 0.632. The molecule has 0 aliphatic rings. The molecule has 0 radical (unpaired) electrons. The number of hydrogen-bond donors (Lipinski definition) is 0. The minimum atomic E-state index is -1.34. The number of thioether (sulfide) groups is 1. The van der Waals surface area contributed by atoms with E-state index in [-0.39, 0.29) is 0 Å². The fourth-order valence-corrected chi connectivity index (χ4v) is 2.63. The van der Waals surface area contributed by atoms with Gasteiger partial charge in [0.2, 0.25) is 0 Å². The zero-order valence-electron chi connectivity index (χ0n) is 10.9. The van der Waals surface area contributed by atoms with Gasteiger partial charge in [0.25, 0.3) is 0 Å². The van der Waals surface area contributed by atoms with Crippen LogP contribution in [0.2, 0.25) is 0 Å². The average molecular weight is 289 g/mol. The van der Waals surface area contributed by atoms with E-state index >= 15 is 0 Å². The number of hydrogen-bond acceptors (Lipinski definition) is 2. The van der Waals surface area contributed by atoms with Crippen molar-refractivity contribution in [2.24, 2.45) is 4.40 Å². The van der Waals surface area contributed by atoms with Gasteiger partial charge in [0.15, 0.2) is 11.0 Å². The summed E-state index contributed by atoms with van der Waals surface area (Å²) in [5, 5.41) is 0. The van der Waals surface area contributed by atoms with Crippen LogP contribution in [0.25, 0.3) is 0 Å². The minimum absolute atomic E-state index is 0.725. The Morgan fingerprint density at radius 3 is 2.26 bits per heavy atom. The monoisotopic (exact) mass is 289 g/mol. The zero-order valence-corrected chi connectivity index (χ0v) is 12.5. The summed E-state index contributed by atoms with van der Waals surface area (Å²) in [5.74, 6) is 0. The van der Waals surface area contributed by atoms with Gasteiger partial charge >= 0.3 is 0 Å². The van der Waals surface area contributed by atoms with Crippen LogP contribution in [-0.4, -0.2) is 16.7 Å². The van der Waals surface area contributed by atoms with Crippen molar-refractivity contribution in [3.05, 3.63) is 59.7 Å². The summed E-state index contributed by atoms with van der Waals surface area (Å²) in [6.07, 6.45) is 3.69. The van der Waals surface area contributed by atoms with Gasteiger partial charge in [-0.2, -0.15) is 4.40 Å². The fraction of sp³-hybridized carbons (Fsp3) is 0.133. The van der Waals surface area contributed by atoms with Crippen LogP contribution < -0.4 is 0 Å². The SMILES string of the molecule is CSc1ccc(/C=N/S(=O)c2ccc(C)cc2)cc1. The Bertz CT molecular complexity index is 589. The molecule has 0 heterocycles. The Hall–Kier alpha value is -1.39. The van der Waals surface area contributed by atoms with E-state index in [4.69, 9.17) is 0 Å². The van der Waals surface area contributed by atoms with Crippen molar-refractivity contribution in [2.75, 3.05) is 6.26 Å². The Balaban J connectivity index is 2.08. The van der Waals surface area contributed by atoms with Crippen LogP contribution in [0.15, 0.2) is 62.7 Å². The fourth-order valence-electron chi connectivity index (χ4n) is 1.51. The minimum Gasteiger partial charge on any atom is -0.229 e. The third kappa shape index (κ3) is 4.04. The maximum Gasteiger partial charge on any atom is 0.172 e. The lowest BCUT2D eigenvalue weighted by atomic mass is 10.2. The number of aryl methyl sites for hydroxylation is 1. The molecular formula is C15H15NOS2. The first-order valence-electron chi connectivity index (χ1n) is 5.86. The van der Waals surface area contributed by atoms with Crippen LogP contribution in [0.5, 0.6) is 0 Å². The molecule has 0 saturated heterocycles. The van der Waals surface area contributed by atoms with E-state index in [0.717, 1.165) is 16.0 Å². The lowest BCUT2D eigenvalue weighted by Gasteiger charge is -1.98. The maximum absolute atomic E-state index is 12.0. The lowest BCUT2D eigenvalue weighted by molar-refractivity contribution is 0.684. The first-order chi connectivity index (χ1) is 9.19. The predicted octanol–water partition coefficient (Wildman–Crippen LogP) is 3.86. The molecule has 0 aliphatic carbocycles. The van der Waals surface area contributed by atoms with Crippen LogP contribution in [-0.2, 0) is 11.0 Å². The highest BCUT2D eigenvalue weighted by Gasteiger charge is 2.00. The molecule has 98 valence electrons. The Morgan fingerprint density at radius 2 is 1.68 bits per heavy atom. The van der Waals surface area contributed by atoms with Gasteiger partial charge in [0.05, 0.1) is 4.90 Å². The average Bonchev–Trinajstić information content (AvgIpc) is 2.46. The number of nitrogens with zero attached hydrogens (tertiary/aromatic N) is 1. The Labute approximate surface area is 120 Å². The van der Waals surface area contributed by atoms with E-state index in [9.17, 15) is 4.21 Å². The molecule has 0 saturated carbocycles. The van der Waals surface area contributed by atoms with Crippen LogP contribution >= 0.6 is 11.8 Å². The largest absolute Gasteiger partial charge is 0.229 e. The molecule has 0 spiro atoms. The van der Waals surface area contributed by atoms with Gasteiger partial charge in [-0.1, -0.05) is 29.8 Å². The second-order valence-electron chi connectivity index (χ2n) is 4.07. The molecule has 0 N–H and O–H groups in total. The zero-order chi connectivity index (χ0) is 13.7. The summed E-state index contributed by atoms with van der Waals surface area (Å²) < 4.78 is 16.1. The van der Waals surface area contributed by atoms with E-state index in [1.165, 1.54) is 4.90 Å². The summed E-state index contributed by atoms with van der Waals surface area (Å²) >= 11 is 1.70. The van der Waals surface area contributed by atoms with Crippen molar-refractivity contribution in [3.63, 3.8) is 0 Å². The smallest absolute Gasteiger partial charge is 0.172 e. The van der Waals surface area contributed by atoms with E-state index in [1.54, 1.807) is 18.0 Å². The van der Waals surface area contributed by atoms with Gasteiger partial charge in [-0.3, -0.25) is 0 Å². The third-order valence-corrected chi connectivity index (χ3v) is 4.35. The maximum atomic E-state index is 12.0. The molecule has 1 unspecified atom stereocenters. The summed E-state index contributed by atoms with van der Waals surface area (Å²) in [6, 6.07) is 15.6. The molecule has 0 amide bonds. The number of rotatable bonds is 4. The Morgan fingerprint density at radius 1 is 1.05 bits per heavy atom. The number of benzene rings is 2. The molecule has 19 heavy (non-hydrogen) atoms. The third-order valence-electron chi connectivity index (χ3n) is 2.64. The van der Waals surface area contributed by atoms with Crippen LogP contribution in [0, 0.1) is 6.92 Å². The molecule has 0 fully saturated rings. The molecule has 0 aliphatic heterocycles. The molecule has 2 aromatic carbocycles. The standard InChI is InChI=1S/C15H15NOS2/c1-12-3-9-15(10-4-12)19(17)16-11-13-5-7-14(18-2)8-6-13/h3-11H,1-2H3/b16-11+. The summed E-state index contributed by atoms with van der Waals surface area (Å²) in [7, 11) is -1.34. The van der Waals surface area contributed by atoms with Gasteiger partial charge in [-0.25, -0.2) is 4.21 Å². The molecule has 2 rings (SSSR count). The second kappa shape index (κ2) is 6.68. The van der Waals surface area contributed by atoms with Gasteiger partial charge in [0.1, 0.15) is 0 Å². The topological polar surface area (TPSA) is 29.4 Å². The second-order valence-corrected chi connectivity index (χ2v) is 6.13. The van der Waals surface area contributed by atoms with E-state index in [1.807, 2.05) is 61.7 Å². The van der Waals surface area contributed by atoms with Crippen molar-refractivity contribution < 1.29 is 4.21 Å².